The molecule has 0 bridgehead atoms. The topological polar surface area (TPSA) is 51.8 Å². The number of alkyl halides is 1. The molecule has 0 N–H and O–H groups in total. The first-order valence-electron chi connectivity index (χ1n) is 4.58. The normalized spacial score (nSPS) is 12.7. The molecule has 4 nitrogen and oxygen atoms in total. The minimum atomic E-state index is -0.281. The molecule has 5 heteroatoms. The number of hydrogen-bond acceptors (Lipinski definition) is 4. The zero-order valence-electron chi connectivity index (χ0n) is 8.44. The van der Waals surface area contributed by atoms with Gasteiger partial charge in [-0.15, -0.1) is 11.6 Å². The fourth-order valence-electron chi connectivity index (χ4n) is 1.17. The highest BCUT2D eigenvalue weighted by molar-refractivity contribution is 6.20. The molecule has 0 radical (unpaired) electrons. The van der Waals surface area contributed by atoms with Crippen molar-refractivity contribution in [1.82, 2.24) is 15.1 Å². The average molecular weight is 224 g/mol. The highest BCUT2D eigenvalue weighted by atomic mass is 35.5. The van der Waals surface area contributed by atoms with Gasteiger partial charge in [0.15, 0.2) is 0 Å². The lowest BCUT2D eigenvalue weighted by Gasteiger charge is -1.94. The van der Waals surface area contributed by atoms with Crippen molar-refractivity contribution in [3.63, 3.8) is 0 Å². The summed E-state index contributed by atoms with van der Waals surface area (Å²) in [5.74, 6) is 0.885. The standard InChI is InChI=1S/C10H10ClN3O/c1-6-4-3-5-8(12-6)9-13-10(7(2)11)15-14-9/h3-5,7H,1-2H3. The molecule has 2 aromatic heterocycles. The average Bonchev–Trinajstić information content (AvgIpc) is 2.66. The van der Waals surface area contributed by atoms with Crippen molar-refractivity contribution in [3.05, 3.63) is 29.8 Å². The Hall–Kier alpha value is -1.42. The van der Waals surface area contributed by atoms with Crippen LogP contribution in [-0.4, -0.2) is 15.1 Å². The Morgan fingerprint density at radius 1 is 1.33 bits per heavy atom. The first-order chi connectivity index (χ1) is 7.16. The van der Waals surface area contributed by atoms with E-state index < -0.39 is 0 Å². The molecule has 1 unspecified atom stereocenters. The van der Waals surface area contributed by atoms with Gasteiger partial charge in [-0.3, -0.25) is 0 Å². The minimum Gasteiger partial charge on any atom is -0.337 e. The van der Waals surface area contributed by atoms with Gasteiger partial charge in [0.05, 0.1) is 0 Å². The molecule has 78 valence electrons. The quantitative estimate of drug-likeness (QED) is 0.735. The predicted molar refractivity (Wildman–Crippen MR) is 56.5 cm³/mol. The zero-order chi connectivity index (χ0) is 10.8. The molecule has 0 aliphatic rings. The van der Waals surface area contributed by atoms with Crippen LogP contribution in [0.2, 0.25) is 0 Å². The Labute approximate surface area is 92.3 Å². The van der Waals surface area contributed by atoms with E-state index in [1.54, 1.807) is 6.92 Å². The van der Waals surface area contributed by atoms with Gasteiger partial charge in [-0.1, -0.05) is 11.2 Å². The summed E-state index contributed by atoms with van der Waals surface area (Å²) in [4.78, 5) is 8.44. The van der Waals surface area contributed by atoms with E-state index in [-0.39, 0.29) is 5.38 Å². The van der Waals surface area contributed by atoms with Crippen LogP contribution < -0.4 is 0 Å². The molecule has 0 amide bonds. The second kappa shape index (κ2) is 3.98. The Bertz CT molecular complexity index is 467. The Morgan fingerprint density at radius 3 is 2.73 bits per heavy atom. The first kappa shape index (κ1) is 10.1. The SMILES string of the molecule is Cc1cccc(-c2noc(C(C)Cl)n2)n1. The number of nitrogens with zero attached hydrogens (tertiary/aromatic N) is 3. The molecule has 15 heavy (non-hydrogen) atoms. The Kier molecular flexibility index (Phi) is 2.68. The van der Waals surface area contributed by atoms with Gasteiger partial charge in [0.25, 0.3) is 0 Å². The molecule has 0 aromatic carbocycles. The van der Waals surface area contributed by atoms with Gasteiger partial charge >= 0.3 is 0 Å². The van der Waals surface area contributed by atoms with Gasteiger partial charge in [-0.05, 0) is 26.0 Å². The van der Waals surface area contributed by atoms with Gasteiger partial charge in [0.2, 0.25) is 11.7 Å². The summed E-state index contributed by atoms with van der Waals surface area (Å²) >= 11 is 5.82. The van der Waals surface area contributed by atoms with Gasteiger partial charge in [-0.25, -0.2) is 4.98 Å². The third-order valence-corrected chi connectivity index (χ3v) is 2.09. The first-order valence-corrected chi connectivity index (χ1v) is 5.02. The summed E-state index contributed by atoms with van der Waals surface area (Å²) in [6.45, 7) is 3.69. The van der Waals surface area contributed by atoms with Crippen LogP contribution >= 0.6 is 11.6 Å². The molecule has 2 aromatic rings. The predicted octanol–water partition coefficient (Wildman–Crippen LogP) is 2.74. The molecule has 0 spiro atoms. The lowest BCUT2D eigenvalue weighted by Crippen LogP contribution is -1.89. The number of rotatable bonds is 2. The Morgan fingerprint density at radius 2 is 2.13 bits per heavy atom. The molecule has 0 aliphatic heterocycles. The van der Waals surface area contributed by atoms with E-state index in [1.165, 1.54) is 0 Å². The maximum absolute atomic E-state index is 5.82. The van der Waals surface area contributed by atoms with E-state index in [0.717, 1.165) is 5.69 Å². The molecular formula is C10H10ClN3O. The highest BCUT2D eigenvalue weighted by Crippen LogP contribution is 2.20. The van der Waals surface area contributed by atoms with E-state index in [9.17, 15) is 0 Å². The van der Waals surface area contributed by atoms with E-state index in [0.29, 0.717) is 17.4 Å². The molecule has 0 aliphatic carbocycles. The molecule has 0 saturated carbocycles. The molecule has 0 fully saturated rings. The largest absolute Gasteiger partial charge is 0.337 e. The van der Waals surface area contributed by atoms with Crippen molar-refractivity contribution < 1.29 is 4.52 Å². The number of halogens is 1. The fraction of sp³-hybridized carbons (Fsp3) is 0.300. The highest BCUT2D eigenvalue weighted by Gasteiger charge is 2.13. The second-order valence-electron chi connectivity index (χ2n) is 3.24. The van der Waals surface area contributed by atoms with Gasteiger partial charge in [-0.2, -0.15) is 4.98 Å². The second-order valence-corrected chi connectivity index (χ2v) is 3.89. The number of aryl methyl sites for hydroxylation is 1. The van der Waals surface area contributed by atoms with Crippen molar-refractivity contribution in [1.29, 1.82) is 0 Å². The lowest BCUT2D eigenvalue weighted by atomic mass is 10.3. The van der Waals surface area contributed by atoms with Gasteiger partial charge < -0.3 is 4.52 Å². The van der Waals surface area contributed by atoms with E-state index >= 15 is 0 Å². The molecular weight excluding hydrogens is 214 g/mol. The van der Waals surface area contributed by atoms with Crippen molar-refractivity contribution in [2.45, 2.75) is 19.2 Å². The summed E-state index contributed by atoms with van der Waals surface area (Å²) in [5, 5.41) is 3.53. The van der Waals surface area contributed by atoms with Crippen molar-refractivity contribution in [2.75, 3.05) is 0 Å². The van der Waals surface area contributed by atoms with E-state index in [4.69, 9.17) is 16.1 Å². The van der Waals surface area contributed by atoms with Crippen LogP contribution in [0, 0.1) is 6.92 Å². The minimum absolute atomic E-state index is 0.281. The van der Waals surface area contributed by atoms with Crippen molar-refractivity contribution >= 4 is 11.6 Å². The smallest absolute Gasteiger partial charge is 0.244 e. The van der Waals surface area contributed by atoms with Gasteiger partial charge in [0.1, 0.15) is 11.1 Å². The lowest BCUT2D eigenvalue weighted by molar-refractivity contribution is 0.379. The van der Waals surface area contributed by atoms with E-state index in [1.807, 2.05) is 25.1 Å². The maximum atomic E-state index is 5.82. The fourth-order valence-corrected chi connectivity index (χ4v) is 1.26. The number of aromatic nitrogens is 3. The van der Waals surface area contributed by atoms with E-state index in [2.05, 4.69) is 15.1 Å². The summed E-state index contributed by atoms with van der Waals surface area (Å²) in [7, 11) is 0. The summed E-state index contributed by atoms with van der Waals surface area (Å²) in [6, 6.07) is 5.65. The monoisotopic (exact) mass is 223 g/mol. The van der Waals surface area contributed by atoms with Crippen molar-refractivity contribution in [3.8, 4) is 11.5 Å². The van der Waals surface area contributed by atoms with Crippen LogP contribution in [0.15, 0.2) is 22.7 Å². The zero-order valence-corrected chi connectivity index (χ0v) is 9.19. The van der Waals surface area contributed by atoms with Crippen LogP contribution in [0.4, 0.5) is 0 Å². The van der Waals surface area contributed by atoms with Gasteiger partial charge in [0, 0.05) is 5.69 Å². The van der Waals surface area contributed by atoms with Crippen LogP contribution in [0.25, 0.3) is 11.5 Å². The number of hydrogen-bond donors (Lipinski definition) is 0. The summed E-state index contributed by atoms with van der Waals surface area (Å²) in [6.07, 6.45) is 0. The molecule has 1 atom stereocenters. The molecule has 2 heterocycles. The number of pyridine rings is 1. The summed E-state index contributed by atoms with van der Waals surface area (Å²) < 4.78 is 4.99. The summed E-state index contributed by atoms with van der Waals surface area (Å²) in [5.41, 5.74) is 1.61. The van der Waals surface area contributed by atoms with Crippen LogP contribution in [0.5, 0.6) is 0 Å². The molecule has 2 rings (SSSR count). The van der Waals surface area contributed by atoms with Crippen LogP contribution in [0.3, 0.4) is 0 Å². The maximum Gasteiger partial charge on any atom is 0.244 e. The Balaban J connectivity index is 2.37. The van der Waals surface area contributed by atoms with Crippen LogP contribution in [-0.2, 0) is 0 Å². The van der Waals surface area contributed by atoms with Crippen LogP contribution in [0.1, 0.15) is 23.9 Å². The third-order valence-electron chi connectivity index (χ3n) is 1.90. The molecule has 0 saturated heterocycles. The third kappa shape index (κ3) is 2.15. The van der Waals surface area contributed by atoms with Crippen molar-refractivity contribution in [2.24, 2.45) is 0 Å².